The van der Waals surface area contributed by atoms with Gasteiger partial charge < -0.3 is 10.2 Å². The van der Waals surface area contributed by atoms with Crippen molar-refractivity contribution in [3.8, 4) is 0 Å². The maximum Gasteiger partial charge on any atom is 0.253 e. The third-order valence-corrected chi connectivity index (χ3v) is 3.51. The van der Waals surface area contributed by atoms with Gasteiger partial charge in [-0.25, -0.2) is 0 Å². The second-order valence-electron chi connectivity index (χ2n) is 6.33. The van der Waals surface area contributed by atoms with E-state index in [1.54, 1.807) is 0 Å². The number of hydrogen-bond acceptors (Lipinski definition) is 2. The Morgan fingerprint density at radius 2 is 1.85 bits per heavy atom. The van der Waals surface area contributed by atoms with E-state index < -0.39 is 5.41 Å². The summed E-state index contributed by atoms with van der Waals surface area (Å²) in [7, 11) is 0. The van der Waals surface area contributed by atoms with Crippen LogP contribution in [0.4, 0.5) is 0 Å². The van der Waals surface area contributed by atoms with Gasteiger partial charge in [-0.3, -0.25) is 9.59 Å². The lowest BCUT2D eigenvalue weighted by molar-refractivity contribution is -0.129. The van der Waals surface area contributed by atoms with Crippen LogP contribution in [0, 0.1) is 5.41 Å². The van der Waals surface area contributed by atoms with Crippen LogP contribution in [0.1, 0.15) is 37.6 Å². The molecule has 1 fully saturated rings. The highest BCUT2D eigenvalue weighted by Crippen LogP contribution is 2.17. The first-order valence-electron chi connectivity index (χ1n) is 7.03. The number of amides is 2. The van der Waals surface area contributed by atoms with E-state index in [1.807, 2.05) is 56.0 Å². The fourth-order valence-corrected chi connectivity index (χ4v) is 2.23. The minimum absolute atomic E-state index is 0.0384. The van der Waals surface area contributed by atoms with E-state index in [4.69, 9.17) is 0 Å². The summed E-state index contributed by atoms with van der Waals surface area (Å²) in [5, 5.41) is 3.02. The Morgan fingerprint density at radius 1 is 1.20 bits per heavy atom. The van der Waals surface area contributed by atoms with Crippen molar-refractivity contribution >= 4 is 11.8 Å². The van der Waals surface area contributed by atoms with Crippen LogP contribution in [0.5, 0.6) is 0 Å². The van der Waals surface area contributed by atoms with Crippen LogP contribution in [-0.4, -0.2) is 35.8 Å². The standard InChI is InChI=1S/C16H22N2O2/c1-16(2,3)15(20)17-13-9-10-18(11-13)14(19)12-7-5-4-6-8-12/h4-8,13H,9-11H2,1-3H3,(H,17,20). The van der Waals surface area contributed by atoms with Crippen molar-refractivity contribution in [2.45, 2.75) is 33.2 Å². The van der Waals surface area contributed by atoms with E-state index in [0.29, 0.717) is 18.7 Å². The van der Waals surface area contributed by atoms with Crippen molar-refractivity contribution in [2.24, 2.45) is 5.41 Å². The molecule has 0 aromatic heterocycles. The minimum atomic E-state index is -0.392. The molecule has 2 rings (SSSR count). The number of nitrogens with one attached hydrogen (secondary N) is 1. The van der Waals surface area contributed by atoms with Crippen LogP contribution >= 0.6 is 0 Å². The van der Waals surface area contributed by atoms with E-state index >= 15 is 0 Å². The Kier molecular flexibility index (Phi) is 4.12. The van der Waals surface area contributed by atoms with Gasteiger partial charge in [-0.1, -0.05) is 39.0 Å². The van der Waals surface area contributed by atoms with Crippen molar-refractivity contribution in [3.63, 3.8) is 0 Å². The van der Waals surface area contributed by atoms with E-state index in [1.165, 1.54) is 0 Å². The van der Waals surface area contributed by atoms with Crippen molar-refractivity contribution in [3.05, 3.63) is 35.9 Å². The molecule has 1 atom stereocenters. The molecule has 4 heteroatoms. The van der Waals surface area contributed by atoms with Gasteiger partial charge in [0, 0.05) is 30.1 Å². The van der Waals surface area contributed by atoms with Crippen LogP contribution in [0.3, 0.4) is 0 Å². The molecule has 0 aliphatic carbocycles. The van der Waals surface area contributed by atoms with Gasteiger partial charge in [-0.15, -0.1) is 0 Å². The lowest BCUT2D eigenvalue weighted by atomic mass is 9.95. The van der Waals surface area contributed by atoms with E-state index in [2.05, 4.69) is 5.32 Å². The number of hydrogen-bond donors (Lipinski definition) is 1. The highest BCUT2D eigenvalue weighted by molar-refractivity contribution is 5.94. The molecule has 108 valence electrons. The Hall–Kier alpha value is -1.84. The van der Waals surface area contributed by atoms with Crippen molar-refractivity contribution in [2.75, 3.05) is 13.1 Å². The van der Waals surface area contributed by atoms with Gasteiger partial charge in [0.15, 0.2) is 0 Å². The van der Waals surface area contributed by atoms with Gasteiger partial charge in [-0.05, 0) is 18.6 Å². The van der Waals surface area contributed by atoms with Gasteiger partial charge in [0.1, 0.15) is 0 Å². The van der Waals surface area contributed by atoms with E-state index in [-0.39, 0.29) is 17.9 Å². The van der Waals surface area contributed by atoms with Crippen LogP contribution in [-0.2, 0) is 4.79 Å². The molecule has 1 saturated heterocycles. The van der Waals surface area contributed by atoms with Crippen molar-refractivity contribution < 1.29 is 9.59 Å². The topological polar surface area (TPSA) is 49.4 Å². The molecule has 20 heavy (non-hydrogen) atoms. The SMILES string of the molecule is CC(C)(C)C(=O)NC1CCN(C(=O)c2ccccc2)C1. The molecule has 1 aromatic carbocycles. The monoisotopic (exact) mass is 274 g/mol. The van der Waals surface area contributed by atoms with Gasteiger partial charge in [0.2, 0.25) is 5.91 Å². The van der Waals surface area contributed by atoms with E-state index in [0.717, 1.165) is 6.42 Å². The summed E-state index contributed by atoms with van der Waals surface area (Å²) in [4.78, 5) is 26.0. The lowest BCUT2D eigenvalue weighted by Crippen LogP contribution is -2.43. The molecule has 1 unspecified atom stereocenters. The first-order valence-corrected chi connectivity index (χ1v) is 7.03. The molecule has 2 amide bonds. The number of carbonyl (C=O) groups excluding carboxylic acids is 2. The van der Waals surface area contributed by atoms with Gasteiger partial charge in [0.05, 0.1) is 0 Å². The minimum Gasteiger partial charge on any atom is -0.351 e. The Labute approximate surface area is 120 Å². The van der Waals surface area contributed by atoms with E-state index in [9.17, 15) is 9.59 Å². The molecule has 1 N–H and O–H groups in total. The fourth-order valence-electron chi connectivity index (χ4n) is 2.23. The number of rotatable bonds is 2. The first-order chi connectivity index (χ1) is 9.38. The largest absolute Gasteiger partial charge is 0.351 e. The molecule has 4 nitrogen and oxygen atoms in total. The van der Waals surface area contributed by atoms with Gasteiger partial charge in [0.25, 0.3) is 5.91 Å². The summed E-state index contributed by atoms with van der Waals surface area (Å²) < 4.78 is 0. The fraction of sp³-hybridized carbons (Fsp3) is 0.500. The average Bonchev–Trinajstić information content (AvgIpc) is 2.86. The Bertz CT molecular complexity index is 491. The Morgan fingerprint density at radius 3 is 2.45 bits per heavy atom. The maximum atomic E-state index is 12.3. The summed E-state index contributed by atoms with van der Waals surface area (Å²) >= 11 is 0. The predicted octanol–water partition coefficient (Wildman–Crippen LogP) is 2.06. The molecular formula is C16H22N2O2. The summed E-state index contributed by atoms with van der Waals surface area (Å²) in [5.41, 5.74) is 0.312. The second kappa shape index (κ2) is 5.65. The van der Waals surface area contributed by atoms with Gasteiger partial charge >= 0.3 is 0 Å². The molecule has 0 radical (unpaired) electrons. The first kappa shape index (κ1) is 14.6. The molecule has 0 saturated carbocycles. The third-order valence-electron chi connectivity index (χ3n) is 3.51. The summed E-state index contributed by atoms with van der Waals surface area (Å²) in [6.07, 6.45) is 0.820. The maximum absolute atomic E-state index is 12.3. The van der Waals surface area contributed by atoms with Crippen LogP contribution < -0.4 is 5.32 Å². The van der Waals surface area contributed by atoms with Gasteiger partial charge in [-0.2, -0.15) is 0 Å². The number of nitrogens with zero attached hydrogens (tertiary/aromatic N) is 1. The zero-order chi connectivity index (χ0) is 14.8. The summed E-state index contributed by atoms with van der Waals surface area (Å²) in [6.45, 7) is 6.97. The average molecular weight is 274 g/mol. The van der Waals surface area contributed by atoms with Crippen LogP contribution in [0.25, 0.3) is 0 Å². The summed E-state index contributed by atoms with van der Waals surface area (Å²) in [5.74, 6) is 0.0783. The third kappa shape index (κ3) is 3.38. The second-order valence-corrected chi connectivity index (χ2v) is 6.33. The molecule has 1 aliphatic heterocycles. The van der Waals surface area contributed by atoms with Crippen LogP contribution in [0.15, 0.2) is 30.3 Å². The van der Waals surface area contributed by atoms with Crippen LogP contribution in [0.2, 0.25) is 0 Å². The lowest BCUT2D eigenvalue weighted by Gasteiger charge is -2.22. The van der Waals surface area contributed by atoms with Crippen molar-refractivity contribution in [1.29, 1.82) is 0 Å². The smallest absolute Gasteiger partial charge is 0.253 e. The predicted molar refractivity (Wildman–Crippen MR) is 78.3 cm³/mol. The number of benzene rings is 1. The highest BCUT2D eigenvalue weighted by Gasteiger charge is 2.30. The molecule has 1 heterocycles. The molecule has 0 spiro atoms. The zero-order valence-electron chi connectivity index (χ0n) is 12.3. The summed E-state index contributed by atoms with van der Waals surface area (Å²) in [6, 6.07) is 9.33. The Balaban J connectivity index is 1.93. The van der Waals surface area contributed by atoms with Crippen molar-refractivity contribution in [1.82, 2.24) is 10.2 Å². The number of likely N-dealkylation sites (tertiary alicyclic amines) is 1. The molecule has 1 aliphatic rings. The molecule has 1 aromatic rings. The number of carbonyl (C=O) groups is 2. The molecule has 0 bridgehead atoms. The zero-order valence-corrected chi connectivity index (χ0v) is 12.3. The normalized spacial score (nSPS) is 18.9. The molecular weight excluding hydrogens is 252 g/mol. The quantitative estimate of drug-likeness (QED) is 0.897. The highest BCUT2D eigenvalue weighted by atomic mass is 16.2.